The zero-order valence-electron chi connectivity index (χ0n) is 9.06. The van der Waals surface area contributed by atoms with Crippen LogP contribution in [-0.4, -0.2) is 30.3 Å². The molecule has 0 aliphatic heterocycles. The first kappa shape index (κ1) is 12.6. The van der Waals surface area contributed by atoms with Crippen molar-refractivity contribution in [2.45, 2.75) is 12.5 Å². The topological polar surface area (TPSA) is 29.5 Å². The Kier molecular flexibility index (Phi) is 6.48. The summed E-state index contributed by atoms with van der Waals surface area (Å²) in [5, 5.41) is 9.82. The molecule has 0 aliphatic rings. The van der Waals surface area contributed by atoms with E-state index in [1.807, 2.05) is 30.3 Å². The van der Waals surface area contributed by atoms with Crippen LogP contribution in [0.2, 0.25) is 0 Å². The van der Waals surface area contributed by atoms with Gasteiger partial charge in [0, 0.05) is 19.5 Å². The van der Waals surface area contributed by atoms with Gasteiger partial charge in [-0.3, -0.25) is 0 Å². The average molecular weight is 226 g/mol. The van der Waals surface area contributed by atoms with Crippen molar-refractivity contribution in [3.63, 3.8) is 0 Å². The lowest BCUT2D eigenvalue weighted by molar-refractivity contribution is 0.199. The van der Waals surface area contributed by atoms with E-state index in [1.165, 1.54) is 0 Å². The van der Waals surface area contributed by atoms with Crippen molar-refractivity contribution in [2.24, 2.45) is 0 Å². The summed E-state index contributed by atoms with van der Waals surface area (Å²) in [6.45, 7) is 0.800. The molecule has 1 aromatic carbocycles. The van der Waals surface area contributed by atoms with Crippen LogP contribution in [0.4, 0.5) is 0 Å². The molecule has 0 saturated heterocycles. The maximum Gasteiger partial charge on any atom is 0.0880 e. The van der Waals surface area contributed by atoms with Gasteiger partial charge in [-0.05, 0) is 17.7 Å². The van der Waals surface area contributed by atoms with Gasteiger partial charge >= 0.3 is 0 Å². The third kappa shape index (κ3) is 5.21. The van der Waals surface area contributed by atoms with Crippen molar-refractivity contribution in [1.82, 2.24) is 0 Å². The molecule has 1 atom stereocenters. The largest absolute Gasteiger partial charge is 0.388 e. The smallest absolute Gasteiger partial charge is 0.0880 e. The second-order valence-corrected chi connectivity index (χ2v) is 4.50. The summed E-state index contributed by atoms with van der Waals surface area (Å²) < 4.78 is 4.96. The Bertz CT molecular complexity index is 251. The van der Waals surface area contributed by atoms with Crippen LogP contribution < -0.4 is 0 Å². The minimum Gasteiger partial charge on any atom is -0.388 e. The zero-order valence-corrected chi connectivity index (χ0v) is 9.87. The fourth-order valence-electron chi connectivity index (χ4n) is 1.27. The SMILES string of the molecule is COCCCSCC(O)c1ccccc1. The molecule has 84 valence electrons. The Morgan fingerprint density at radius 1 is 1.33 bits per heavy atom. The molecule has 3 heteroatoms. The van der Waals surface area contributed by atoms with Gasteiger partial charge in [-0.1, -0.05) is 30.3 Å². The molecule has 0 fully saturated rings. The van der Waals surface area contributed by atoms with Gasteiger partial charge in [0.25, 0.3) is 0 Å². The van der Waals surface area contributed by atoms with Crippen LogP contribution in [0.5, 0.6) is 0 Å². The molecule has 0 aromatic heterocycles. The fourth-order valence-corrected chi connectivity index (χ4v) is 2.18. The normalized spacial score (nSPS) is 12.7. The number of ether oxygens (including phenoxy) is 1. The van der Waals surface area contributed by atoms with E-state index in [4.69, 9.17) is 4.74 Å². The predicted octanol–water partition coefficient (Wildman–Crippen LogP) is 2.49. The molecule has 1 rings (SSSR count). The molecule has 0 saturated carbocycles. The number of methoxy groups -OCH3 is 1. The van der Waals surface area contributed by atoms with Crippen molar-refractivity contribution in [1.29, 1.82) is 0 Å². The van der Waals surface area contributed by atoms with Crippen LogP contribution >= 0.6 is 11.8 Å². The van der Waals surface area contributed by atoms with Crippen LogP contribution in [0.15, 0.2) is 30.3 Å². The first-order valence-corrected chi connectivity index (χ1v) is 6.29. The van der Waals surface area contributed by atoms with E-state index in [0.717, 1.165) is 30.1 Å². The van der Waals surface area contributed by atoms with Crippen LogP contribution in [0.1, 0.15) is 18.1 Å². The lowest BCUT2D eigenvalue weighted by atomic mass is 10.1. The molecule has 15 heavy (non-hydrogen) atoms. The van der Waals surface area contributed by atoms with Gasteiger partial charge in [-0.2, -0.15) is 11.8 Å². The van der Waals surface area contributed by atoms with Crippen LogP contribution in [0, 0.1) is 0 Å². The number of hydrogen-bond acceptors (Lipinski definition) is 3. The number of aliphatic hydroxyl groups excluding tert-OH is 1. The van der Waals surface area contributed by atoms with Gasteiger partial charge in [-0.25, -0.2) is 0 Å². The van der Waals surface area contributed by atoms with Crippen LogP contribution in [-0.2, 0) is 4.74 Å². The number of thioether (sulfide) groups is 1. The van der Waals surface area contributed by atoms with E-state index in [2.05, 4.69) is 0 Å². The average Bonchev–Trinajstić information content (AvgIpc) is 2.30. The van der Waals surface area contributed by atoms with Crippen molar-refractivity contribution in [3.05, 3.63) is 35.9 Å². The highest BCUT2D eigenvalue weighted by atomic mass is 32.2. The molecular formula is C12H18O2S. The Morgan fingerprint density at radius 2 is 2.07 bits per heavy atom. The molecule has 1 aromatic rings. The third-order valence-electron chi connectivity index (χ3n) is 2.10. The van der Waals surface area contributed by atoms with Crippen molar-refractivity contribution < 1.29 is 9.84 Å². The first-order valence-electron chi connectivity index (χ1n) is 5.14. The Hall–Kier alpha value is -0.510. The summed E-state index contributed by atoms with van der Waals surface area (Å²) in [6, 6.07) is 9.78. The Balaban J connectivity index is 2.16. The summed E-state index contributed by atoms with van der Waals surface area (Å²) in [5.41, 5.74) is 0.997. The highest BCUT2D eigenvalue weighted by molar-refractivity contribution is 7.99. The lowest BCUT2D eigenvalue weighted by Crippen LogP contribution is -2.01. The molecule has 0 aliphatic carbocycles. The molecule has 0 bridgehead atoms. The van der Waals surface area contributed by atoms with Crippen molar-refractivity contribution in [2.75, 3.05) is 25.2 Å². The fraction of sp³-hybridized carbons (Fsp3) is 0.500. The number of aliphatic hydroxyl groups is 1. The van der Waals surface area contributed by atoms with E-state index < -0.39 is 0 Å². The molecule has 0 radical (unpaired) electrons. The third-order valence-corrected chi connectivity index (χ3v) is 3.23. The molecule has 1 unspecified atom stereocenters. The summed E-state index contributed by atoms with van der Waals surface area (Å²) >= 11 is 1.77. The minimum atomic E-state index is -0.348. The first-order chi connectivity index (χ1) is 7.34. The van der Waals surface area contributed by atoms with Crippen molar-refractivity contribution >= 4 is 11.8 Å². The molecular weight excluding hydrogens is 208 g/mol. The van der Waals surface area contributed by atoms with E-state index in [9.17, 15) is 5.11 Å². The molecule has 1 N–H and O–H groups in total. The van der Waals surface area contributed by atoms with Gasteiger partial charge < -0.3 is 9.84 Å². The maximum atomic E-state index is 9.82. The number of hydrogen-bond donors (Lipinski definition) is 1. The van der Waals surface area contributed by atoms with Gasteiger partial charge in [-0.15, -0.1) is 0 Å². The highest BCUT2D eigenvalue weighted by Gasteiger charge is 2.05. The van der Waals surface area contributed by atoms with E-state index in [0.29, 0.717) is 0 Å². The quantitative estimate of drug-likeness (QED) is 0.724. The minimum absolute atomic E-state index is 0.348. The molecule has 0 spiro atoms. The second kappa shape index (κ2) is 7.74. The summed E-state index contributed by atoms with van der Waals surface area (Å²) in [4.78, 5) is 0. The second-order valence-electron chi connectivity index (χ2n) is 3.35. The van der Waals surface area contributed by atoms with E-state index in [1.54, 1.807) is 18.9 Å². The maximum absolute atomic E-state index is 9.82. The lowest BCUT2D eigenvalue weighted by Gasteiger charge is -2.10. The van der Waals surface area contributed by atoms with Crippen molar-refractivity contribution in [3.8, 4) is 0 Å². The summed E-state index contributed by atoms with van der Waals surface area (Å²) in [7, 11) is 1.71. The Morgan fingerprint density at radius 3 is 2.73 bits per heavy atom. The zero-order chi connectivity index (χ0) is 10.9. The standard InChI is InChI=1S/C12H18O2S/c1-14-8-5-9-15-10-12(13)11-6-3-2-4-7-11/h2-4,6-7,12-13H,5,8-10H2,1H3. The highest BCUT2D eigenvalue weighted by Crippen LogP contribution is 2.18. The summed E-state index contributed by atoms with van der Waals surface area (Å²) in [5.74, 6) is 1.80. The van der Waals surface area contributed by atoms with Crippen LogP contribution in [0.25, 0.3) is 0 Å². The summed E-state index contributed by atoms with van der Waals surface area (Å²) in [6.07, 6.45) is 0.696. The van der Waals surface area contributed by atoms with Gasteiger partial charge in [0.15, 0.2) is 0 Å². The van der Waals surface area contributed by atoms with Gasteiger partial charge in [0.1, 0.15) is 0 Å². The van der Waals surface area contributed by atoms with Crippen LogP contribution in [0.3, 0.4) is 0 Å². The number of benzene rings is 1. The Labute approximate surface area is 95.7 Å². The number of rotatable bonds is 7. The van der Waals surface area contributed by atoms with E-state index in [-0.39, 0.29) is 6.10 Å². The monoisotopic (exact) mass is 226 g/mol. The van der Waals surface area contributed by atoms with E-state index >= 15 is 0 Å². The van der Waals surface area contributed by atoms with Gasteiger partial charge in [0.2, 0.25) is 0 Å². The molecule has 0 amide bonds. The van der Waals surface area contributed by atoms with Gasteiger partial charge in [0.05, 0.1) is 6.10 Å². The molecule has 0 heterocycles. The molecule has 2 nitrogen and oxygen atoms in total. The predicted molar refractivity (Wildman–Crippen MR) is 65.2 cm³/mol.